The molecule has 0 aromatic carbocycles. The highest BCUT2D eigenvalue weighted by molar-refractivity contribution is 7.11. The van der Waals surface area contributed by atoms with Gasteiger partial charge in [-0.3, -0.25) is 4.98 Å². The molecule has 0 saturated heterocycles. The van der Waals surface area contributed by atoms with Gasteiger partial charge in [0.1, 0.15) is 5.75 Å². The van der Waals surface area contributed by atoms with Crippen LogP contribution in [0.15, 0.2) is 24.7 Å². The summed E-state index contributed by atoms with van der Waals surface area (Å²) in [4.78, 5) is 9.91. The molecule has 0 spiro atoms. The van der Waals surface area contributed by atoms with E-state index in [1.165, 1.54) is 4.88 Å². The Balaban J connectivity index is 2.23. The van der Waals surface area contributed by atoms with Crippen LogP contribution in [0.3, 0.4) is 0 Å². The number of aromatic nitrogens is 2. The lowest BCUT2D eigenvalue weighted by molar-refractivity contribution is 0.315. The van der Waals surface area contributed by atoms with Gasteiger partial charge in [-0.25, -0.2) is 4.98 Å². The van der Waals surface area contributed by atoms with Crippen molar-refractivity contribution in [1.29, 1.82) is 0 Å². The van der Waals surface area contributed by atoms with Crippen molar-refractivity contribution in [1.82, 2.24) is 15.3 Å². The van der Waals surface area contributed by atoms with Crippen LogP contribution in [0.4, 0.5) is 0 Å². The summed E-state index contributed by atoms with van der Waals surface area (Å²) in [6, 6.07) is 2.21. The van der Waals surface area contributed by atoms with Gasteiger partial charge in [0.15, 0.2) is 0 Å². The number of nitrogens with one attached hydrogen (secondary N) is 1. The molecule has 1 unspecified atom stereocenters. The van der Waals surface area contributed by atoms with Crippen molar-refractivity contribution in [3.63, 3.8) is 0 Å². The van der Waals surface area contributed by atoms with Gasteiger partial charge in [-0.1, -0.05) is 13.8 Å². The third kappa shape index (κ3) is 4.51. The normalized spacial score (nSPS) is 12.3. The largest absolute Gasteiger partial charge is 0.492 e. The maximum atomic E-state index is 5.69. The number of pyridine rings is 1. The average Bonchev–Trinajstić information content (AvgIpc) is 2.92. The van der Waals surface area contributed by atoms with Crippen LogP contribution >= 0.6 is 11.3 Å². The molecule has 1 N–H and O–H groups in total. The number of hydrogen-bond donors (Lipinski definition) is 1. The summed E-state index contributed by atoms with van der Waals surface area (Å²) in [5.41, 5.74) is 1.13. The topological polar surface area (TPSA) is 47.0 Å². The summed E-state index contributed by atoms with van der Waals surface area (Å²) in [6.45, 7) is 7.98. The minimum Gasteiger partial charge on any atom is -0.492 e. The third-order valence-corrected chi connectivity index (χ3v) is 4.04. The molecule has 0 amide bonds. The SMILES string of the molecule is CCCNC(c1cncc(OCCC)c1)c1cnc(C)s1. The minimum atomic E-state index is 0.133. The van der Waals surface area contributed by atoms with Crippen LogP contribution in [0.25, 0.3) is 0 Å². The monoisotopic (exact) mass is 305 g/mol. The zero-order valence-electron chi connectivity index (χ0n) is 12.9. The first-order valence-electron chi connectivity index (χ1n) is 7.48. The van der Waals surface area contributed by atoms with E-state index < -0.39 is 0 Å². The van der Waals surface area contributed by atoms with Crippen molar-refractivity contribution < 1.29 is 4.74 Å². The van der Waals surface area contributed by atoms with E-state index in [1.807, 2.05) is 19.3 Å². The summed E-state index contributed by atoms with van der Waals surface area (Å²) in [5, 5.41) is 4.66. The Morgan fingerprint density at radius 1 is 1.24 bits per heavy atom. The molecule has 21 heavy (non-hydrogen) atoms. The third-order valence-electron chi connectivity index (χ3n) is 3.06. The van der Waals surface area contributed by atoms with Crippen LogP contribution < -0.4 is 10.1 Å². The number of nitrogens with zero attached hydrogens (tertiary/aromatic N) is 2. The zero-order chi connectivity index (χ0) is 15.1. The van der Waals surface area contributed by atoms with E-state index in [2.05, 4.69) is 35.2 Å². The highest BCUT2D eigenvalue weighted by Gasteiger charge is 2.17. The van der Waals surface area contributed by atoms with Gasteiger partial charge in [-0.05, 0) is 37.9 Å². The molecule has 4 nitrogen and oxygen atoms in total. The number of ether oxygens (including phenoxy) is 1. The molecule has 1 atom stereocenters. The van der Waals surface area contributed by atoms with Crippen molar-refractivity contribution >= 4 is 11.3 Å². The predicted octanol–water partition coefficient (Wildman–Crippen LogP) is 3.72. The van der Waals surface area contributed by atoms with Gasteiger partial charge in [-0.15, -0.1) is 11.3 Å². The van der Waals surface area contributed by atoms with E-state index in [9.17, 15) is 0 Å². The fourth-order valence-corrected chi connectivity index (χ4v) is 2.96. The van der Waals surface area contributed by atoms with Crippen LogP contribution in [-0.4, -0.2) is 23.1 Å². The van der Waals surface area contributed by atoms with Crippen LogP contribution in [-0.2, 0) is 0 Å². The van der Waals surface area contributed by atoms with Gasteiger partial charge in [0.2, 0.25) is 0 Å². The smallest absolute Gasteiger partial charge is 0.137 e. The lowest BCUT2D eigenvalue weighted by Crippen LogP contribution is -2.22. The van der Waals surface area contributed by atoms with Gasteiger partial charge >= 0.3 is 0 Å². The Kier molecular flexibility index (Phi) is 6.14. The first kappa shape index (κ1) is 15.9. The Morgan fingerprint density at radius 3 is 2.76 bits per heavy atom. The lowest BCUT2D eigenvalue weighted by Gasteiger charge is -2.17. The standard InChI is InChI=1S/C16H23N3OS/c1-4-6-18-16(15-11-19-12(3)21-15)13-8-14(10-17-9-13)20-7-5-2/h8-11,16,18H,4-7H2,1-3H3. The summed E-state index contributed by atoms with van der Waals surface area (Å²) in [7, 11) is 0. The van der Waals surface area contributed by atoms with Gasteiger partial charge in [0.05, 0.1) is 23.9 Å². The quantitative estimate of drug-likeness (QED) is 0.807. The molecule has 2 rings (SSSR count). The lowest BCUT2D eigenvalue weighted by atomic mass is 10.1. The average molecular weight is 305 g/mol. The van der Waals surface area contributed by atoms with E-state index in [0.29, 0.717) is 0 Å². The van der Waals surface area contributed by atoms with Crippen molar-refractivity contribution in [2.75, 3.05) is 13.2 Å². The fourth-order valence-electron chi connectivity index (χ4n) is 2.07. The van der Waals surface area contributed by atoms with Crippen molar-refractivity contribution in [2.45, 2.75) is 39.7 Å². The minimum absolute atomic E-state index is 0.133. The molecule has 2 heterocycles. The molecular formula is C16H23N3OS. The van der Waals surface area contributed by atoms with E-state index in [1.54, 1.807) is 17.5 Å². The van der Waals surface area contributed by atoms with Crippen LogP contribution in [0, 0.1) is 6.92 Å². The number of hydrogen-bond acceptors (Lipinski definition) is 5. The highest BCUT2D eigenvalue weighted by Crippen LogP contribution is 2.28. The first-order valence-corrected chi connectivity index (χ1v) is 8.29. The maximum absolute atomic E-state index is 5.69. The molecule has 0 fully saturated rings. The van der Waals surface area contributed by atoms with Crippen molar-refractivity contribution in [2.24, 2.45) is 0 Å². The Hall–Kier alpha value is -1.46. The fraction of sp³-hybridized carbons (Fsp3) is 0.500. The van der Waals surface area contributed by atoms with Crippen LogP contribution in [0.5, 0.6) is 5.75 Å². The van der Waals surface area contributed by atoms with Gasteiger partial charge < -0.3 is 10.1 Å². The molecule has 0 aliphatic rings. The molecular weight excluding hydrogens is 282 g/mol. The summed E-state index contributed by atoms with van der Waals surface area (Å²) >= 11 is 1.72. The Morgan fingerprint density at radius 2 is 2.10 bits per heavy atom. The van der Waals surface area contributed by atoms with Crippen LogP contribution in [0.1, 0.15) is 48.2 Å². The molecule has 0 aliphatic heterocycles. The zero-order valence-corrected chi connectivity index (χ0v) is 13.7. The molecule has 0 aliphatic carbocycles. The van der Waals surface area contributed by atoms with E-state index in [4.69, 9.17) is 4.74 Å². The second kappa shape index (κ2) is 8.10. The summed E-state index contributed by atoms with van der Waals surface area (Å²) in [5.74, 6) is 0.832. The van der Waals surface area contributed by atoms with E-state index in [0.717, 1.165) is 42.3 Å². The molecule has 0 radical (unpaired) electrons. The summed E-state index contributed by atoms with van der Waals surface area (Å²) < 4.78 is 5.69. The van der Waals surface area contributed by atoms with Gasteiger partial charge in [0, 0.05) is 17.3 Å². The maximum Gasteiger partial charge on any atom is 0.137 e. The number of aryl methyl sites for hydroxylation is 1. The van der Waals surface area contributed by atoms with Gasteiger partial charge in [-0.2, -0.15) is 0 Å². The van der Waals surface area contributed by atoms with Crippen LogP contribution in [0.2, 0.25) is 0 Å². The Labute approximate surface area is 130 Å². The van der Waals surface area contributed by atoms with Crippen molar-refractivity contribution in [3.05, 3.63) is 40.1 Å². The predicted molar refractivity (Wildman–Crippen MR) is 87.0 cm³/mol. The second-order valence-corrected chi connectivity index (χ2v) is 6.24. The number of thiazole rings is 1. The first-order chi connectivity index (χ1) is 10.2. The highest BCUT2D eigenvalue weighted by atomic mass is 32.1. The molecule has 0 saturated carbocycles. The van der Waals surface area contributed by atoms with E-state index >= 15 is 0 Å². The van der Waals surface area contributed by atoms with E-state index in [-0.39, 0.29) is 6.04 Å². The second-order valence-electron chi connectivity index (χ2n) is 4.97. The molecule has 0 bridgehead atoms. The molecule has 114 valence electrons. The molecule has 2 aromatic rings. The Bertz CT molecular complexity index is 556. The summed E-state index contributed by atoms with van der Waals surface area (Å²) in [6.07, 6.45) is 7.71. The molecule has 2 aromatic heterocycles. The van der Waals surface area contributed by atoms with Gasteiger partial charge in [0.25, 0.3) is 0 Å². The van der Waals surface area contributed by atoms with Crippen molar-refractivity contribution in [3.8, 4) is 5.75 Å². The number of rotatable bonds is 8. The molecule has 5 heteroatoms.